The van der Waals surface area contributed by atoms with Gasteiger partial charge in [-0.15, -0.1) is 0 Å². The van der Waals surface area contributed by atoms with Gasteiger partial charge in [-0.2, -0.15) is 0 Å². The first-order valence-electron chi connectivity index (χ1n) is 5.92. The number of rotatable bonds is 8. The van der Waals surface area contributed by atoms with Crippen molar-refractivity contribution in [3.63, 3.8) is 0 Å². The van der Waals surface area contributed by atoms with Gasteiger partial charge < -0.3 is 20.1 Å². The third-order valence-electron chi connectivity index (χ3n) is 1.80. The lowest BCUT2D eigenvalue weighted by Crippen LogP contribution is -2.25. The van der Waals surface area contributed by atoms with Crippen molar-refractivity contribution in [2.45, 2.75) is 13.8 Å². The molecule has 112 valence electrons. The van der Waals surface area contributed by atoms with Crippen molar-refractivity contribution in [3.8, 4) is 0 Å². The minimum atomic E-state index is -0.714. The zero-order valence-corrected chi connectivity index (χ0v) is 11.4. The van der Waals surface area contributed by atoms with Gasteiger partial charge in [0.05, 0.1) is 13.1 Å². The molecule has 0 fully saturated rings. The van der Waals surface area contributed by atoms with Crippen LogP contribution < -0.4 is 10.6 Å². The molecule has 0 atom stereocenters. The first kappa shape index (κ1) is 17.6. The molecule has 0 aliphatic heterocycles. The minimum Gasteiger partial charge on any atom is -0.461 e. The summed E-state index contributed by atoms with van der Waals surface area (Å²) in [5, 5.41) is 4.89. The SMILES string of the molecule is CC(=O)NCCOC(=O)/C=C/C(=O)OCCNC(C)=O. The molecule has 0 heterocycles. The number of amides is 2. The van der Waals surface area contributed by atoms with E-state index in [1.807, 2.05) is 0 Å². The molecule has 0 aromatic carbocycles. The largest absolute Gasteiger partial charge is 0.461 e. The molecule has 0 saturated heterocycles. The Labute approximate surface area is 116 Å². The van der Waals surface area contributed by atoms with Crippen LogP contribution in [0.1, 0.15) is 13.8 Å². The minimum absolute atomic E-state index is 0.0142. The van der Waals surface area contributed by atoms with Gasteiger partial charge in [0.25, 0.3) is 0 Å². The standard InChI is InChI=1S/C12H18N2O6/c1-9(15)13-5-7-19-11(17)3-4-12(18)20-8-6-14-10(2)16/h3-4H,5-8H2,1-2H3,(H,13,15)(H,14,16)/b4-3+. The molecule has 20 heavy (non-hydrogen) atoms. The van der Waals surface area contributed by atoms with E-state index in [1.165, 1.54) is 13.8 Å². The van der Waals surface area contributed by atoms with Gasteiger partial charge in [-0.25, -0.2) is 9.59 Å². The number of ether oxygens (including phenoxy) is 2. The Morgan fingerprint density at radius 1 is 0.800 bits per heavy atom. The van der Waals surface area contributed by atoms with Gasteiger partial charge in [0.15, 0.2) is 0 Å². The van der Waals surface area contributed by atoms with Crippen LogP contribution in [0.3, 0.4) is 0 Å². The molecule has 0 aliphatic rings. The summed E-state index contributed by atoms with van der Waals surface area (Å²) < 4.78 is 9.39. The van der Waals surface area contributed by atoms with Crippen LogP contribution in [0.5, 0.6) is 0 Å². The molecule has 0 radical (unpaired) electrons. The molecule has 2 amide bonds. The van der Waals surface area contributed by atoms with Crippen molar-refractivity contribution < 1.29 is 28.7 Å². The molecule has 0 rings (SSSR count). The second-order valence-electron chi connectivity index (χ2n) is 3.63. The smallest absolute Gasteiger partial charge is 0.331 e. The van der Waals surface area contributed by atoms with Crippen LogP contribution in [-0.2, 0) is 28.7 Å². The highest BCUT2D eigenvalue weighted by Gasteiger charge is 2.01. The Bertz CT molecular complexity index is 355. The average molecular weight is 286 g/mol. The van der Waals surface area contributed by atoms with E-state index in [1.54, 1.807) is 0 Å². The maximum Gasteiger partial charge on any atom is 0.331 e. The summed E-state index contributed by atoms with van der Waals surface area (Å²) in [6.45, 7) is 3.13. The fourth-order valence-electron chi connectivity index (χ4n) is 0.990. The van der Waals surface area contributed by atoms with E-state index in [9.17, 15) is 19.2 Å². The average Bonchev–Trinajstić information content (AvgIpc) is 2.37. The Hall–Kier alpha value is -2.38. The highest BCUT2D eigenvalue weighted by atomic mass is 16.5. The van der Waals surface area contributed by atoms with Gasteiger partial charge in [-0.3, -0.25) is 9.59 Å². The van der Waals surface area contributed by atoms with E-state index in [2.05, 4.69) is 10.6 Å². The number of carbonyl (C=O) groups excluding carboxylic acids is 4. The van der Waals surface area contributed by atoms with Gasteiger partial charge in [-0.1, -0.05) is 0 Å². The quantitative estimate of drug-likeness (QED) is 0.333. The van der Waals surface area contributed by atoms with E-state index in [0.717, 1.165) is 12.2 Å². The zero-order chi connectivity index (χ0) is 15.4. The molecular weight excluding hydrogens is 268 g/mol. The van der Waals surface area contributed by atoms with Gasteiger partial charge >= 0.3 is 11.9 Å². The van der Waals surface area contributed by atoms with Gasteiger partial charge in [0.2, 0.25) is 11.8 Å². The van der Waals surface area contributed by atoms with Gasteiger partial charge in [0.1, 0.15) is 13.2 Å². The summed E-state index contributed by atoms with van der Waals surface area (Å²) in [5.41, 5.74) is 0. The molecule has 0 aromatic heterocycles. The molecule has 0 saturated carbocycles. The van der Waals surface area contributed by atoms with Crippen LogP contribution in [-0.4, -0.2) is 50.1 Å². The summed E-state index contributed by atoms with van der Waals surface area (Å²) >= 11 is 0. The fraction of sp³-hybridized carbons (Fsp3) is 0.500. The summed E-state index contributed by atoms with van der Waals surface area (Å²) in [7, 11) is 0. The number of hydrogen-bond donors (Lipinski definition) is 2. The monoisotopic (exact) mass is 286 g/mol. The molecule has 2 N–H and O–H groups in total. The molecule has 0 bridgehead atoms. The van der Waals surface area contributed by atoms with Crippen LogP contribution in [0.15, 0.2) is 12.2 Å². The zero-order valence-electron chi connectivity index (χ0n) is 11.4. The number of hydrogen-bond acceptors (Lipinski definition) is 6. The predicted octanol–water partition coefficient (Wildman–Crippen LogP) is -1.10. The molecule has 8 nitrogen and oxygen atoms in total. The van der Waals surface area contributed by atoms with Crippen molar-refractivity contribution in [1.29, 1.82) is 0 Å². The fourth-order valence-corrected chi connectivity index (χ4v) is 0.990. The Kier molecular flexibility index (Phi) is 9.28. The van der Waals surface area contributed by atoms with E-state index in [0.29, 0.717) is 0 Å². The van der Waals surface area contributed by atoms with E-state index in [4.69, 9.17) is 9.47 Å². The second-order valence-corrected chi connectivity index (χ2v) is 3.63. The van der Waals surface area contributed by atoms with Crippen LogP contribution >= 0.6 is 0 Å². The summed E-state index contributed by atoms with van der Waals surface area (Å²) in [6.07, 6.45) is 1.85. The van der Waals surface area contributed by atoms with E-state index in [-0.39, 0.29) is 38.1 Å². The first-order valence-corrected chi connectivity index (χ1v) is 5.92. The maximum absolute atomic E-state index is 11.1. The molecule has 0 unspecified atom stereocenters. The lowest BCUT2D eigenvalue weighted by molar-refractivity contribution is -0.140. The van der Waals surface area contributed by atoms with Crippen LogP contribution in [0, 0.1) is 0 Å². The van der Waals surface area contributed by atoms with Crippen LogP contribution in [0.2, 0.25) is 0 Å². The third-order valence-corrected chi connectivity index (χ3v) is 1.80. The molecule has 8 heteroatoms. The van der Waals surface area contributed by atoms with E-state index < -0.39 is 11.9 Å². The van der Waals surface area contributed by atoms with E-state index >= 15 is 0 Å². The normalized spacial score (nSPS) is 9.90. The lowest BCUT2D eigenvalue weighted by atomic mass is 10.5. The Balaban J connectivity index is 3.69. The summed E-state index contributed by atoms with van der Waals surface area (Å²) in [4.78, 5) is 43.3. The van der Waals surface area contributed by atoms with Crippen LogP contribution in [0.25, 0.3) is 0 Å². The highest BCUT2D eigenvalue weighted by molar-refractivity contribution is 5.91. The number of nitrogens with one attached hydrogen (secondary N) is 2. The Morgan fingerprint density at radius 3 is 1.45 bits per heavy atom. The summed E-state index contributed by atoms with van der Waals surface area (Å²) in [6, 6.07) is 0. The predicted molar refractivity (Wildman–Crippen MR) is 68.4 cm³/mol. The Morgan fingerprint density at radius 2 is 1.15 bits per heavy atom. The van der Waals surface area contributed by atoms with Crippen LogP contribution in [0.4, 0.5) is 0 Å². The topological polar surface area (TPSA) is 111 Å². The number of esters is 2. The first-order chi connectivity index (χ1) is 9.41. The lowest BCUT2D eigenvalue weighted by Gasteiger charge is -2.03. The van der Waals surface area contributed by atoms with Gasteiger partial charge in [0, 0.05) is 26.0 Å². The van der Waals surface area contributed by atoms with Crippen molar-refractivity contribution in [2.24, 2.45) is 0 Å². The second kappa shape index (κ2) is 10.5. The molecule has 0 aromatic rings. The van der Waals surface area contributed by atoms with Gasteiger partial charge in [-0.05, 0) is 0 Å². The highest BCUT2D eigenvalue weighted by Crippen LogP contribution is 1.85. The maximum atomic E-state index is 11.1. The van der Waals surface area contributed by atoms with Crippen molar-refractivity contribution in [3.05, 3.63) is 12.2 Å². The van der Waals surface area contributed by atoms with Crippen molar-refractivity contribution in [2.75, 3.05) is 26.3 Å². The van der Waals surface area contributed by atoms with Crippen molar-refractivity contribution in [1.82, 2.24) is 10.6 Å². The molecule has 0 aliphatic carbocycles. The van der Waals surface area contributed by atoms with Crippen molar-refractivity contribution >= 4 is 23.8 Å². The molecular formula is C12H18N2O6. The third kappa shape index (κ3) is 12.1. The summed E-state index contributed by atoms with van der Waals surface area (Å²) in [5.74, 6) is -1.87. The molecule has 0 spiro atoms. The number of carbonyl (C=O) groups is 4.